The molecule has 0 atom stereocenters. The van der Waals surface area contributed by atoms with Crippen LogP contribution in [0.1, 0.15) is 5.56 Å². The first-order chi connectivity index (χ1) is 7.56. The smallest absolute Gasteiger partial charge is 0.210 e. The van der Waals surface area contributed by atoms with Gasteiger partial charge in [-0.05, 0) is 40.5 Å². The van der Waals surface area contributed by atoms with E-state index in [0.29, 0.717) is 19.1 Å². The third kappa shape index (κ3) is 2.66. The normalized spacial score (nSPS) is 10.5. The van der Waals surface area contributed by atoms with Crippen molar-refractivity contribution in [1.29, 1.82) is 0 Å². The molecule has 0 saturated carbocycles. The van der Waals surface area contributed by atoms with Crippen LogP contribution in [0.3, 0.4) is 0 Å². The third-order valence-electron chi connectivity index (χ3n) is 1.89. The lowest BCUT2D eigenvalue weighted by atomic mass is 10.2. The summed E-state index contributed by atoms with van der Waals surface area (Å²) >= 11 is 16.7. The first kappa shape index (κ1) is 12.1. The van der Waals surface area contributed by atoms with Crippen molar-refractivity contribution in [3.05, 3.63) is 31.7 Å². The molecule has 2 aromatic rings. The number of aromatic nitrogens is 2. The average molecular weight is 339 g/mol. The summed E-state index contributed by atoms with van der Waals surface area (Å²) in [6.45, 7) is 1.90. The zero-order chi connectivity index (χ0) is 11.7. The Labute approximate surface area is 115 Å². The van der Waals surface area contributed by atoms with E-state index < -0.39 is 0 Å². The van der Waals surface area contributed by atoms with Gasteiger partial charge < -0.3 is 5.32 Å². The zero-order valence-corrected chi connectivity index (χ0v) is 12.0. The molecule has 0 aliphatic heterocycles. The monoisotopic (exact) mass is 337 g/mol. The number of aryl methyl sites for hydroxylation is 1. The van der Waals surface area contributed by atoms with Crippen molar-refractivity contribution in [1.82, 2.24) is 10.2 Å². The molecule has 0 spiro atoms. The molecular formula is C9H6BrCl2N3S. The largest absolute Gasteiger partial charge is 0.329 e. The lowest BCUT2D eigenvalue weighted by Crippen LogP contribution is -1.91. The van der Waals surface area contributed by atoms with Gasteiger partial charge >= 0.3 is 0 Å². The summed E-state index contributed by atoms with van der Waals surface area (Å²) in [5.41, 5.74) is 1.66. The number of benzene rings is 1. The Bertz CT molecular complexity index is 529. The minimum Gasteiger partial charge on any atom is -0.329 e. The third-order valence-corrected chi connectivity index (χ3v) is 3.88. The maximum Gasteiger partial charge on any atom is 0.210 e. The SMILES string of the molecule is Cc1cc(Cl)c(Nc2nnc(Br)s2)cc1Cl. The van der Waals surface area contributed by atoms with Crippen LogP contribution in [0.4, 0.5) is 10.8 Å². The van der Waals surface area contributed by atoms with Crippen LogP contribution in [0.5, 0.6) is 0 Å². The molecule has 1 aromatic carbocycles. The van der Waals surface area contributed by atoms with E-state index in [9.17, 15) is 0 Å². The summed E-state index contributed by atoms with van der Waals surface area (Å²) < 4.78 is 0.712. The number of rotatable bonds is 2. The van der Waals surface area contributed by atoms with Crippen molar-refractivity contribution < 1.29 is 0 Å². The van der Waals surface area contributed by atoms with Crippen LogP contribution < -0.4 is 5.32 Å². The molecule has 3 nitrogen and oxygen atoms in total. The number of nitrogens with one attached hydrogen (secondary N) is 1. The van der Waals surface area contributed by atoms with Crippen molar-refractivity contribution >= 4 is 61.3 Å². The fraction of sp³-hybridized carbons (Fsp3) is 0.111. The van der Waals surface area contributed by atoms with Crippen LogP contribution in [-0.2, 0) is 0 Å². The first-order valence-electron chi connectivity index (χ1n) is 4.28. The number of nitrogens with zero attached hydrogens (tertiary/aromatic N) is 2. The average Bonchev–Trinajstić information content (AvgIpc) is 2.60. The minimum absolute atomic E-state index is 0.605. The van der Waals surface area contributed by atoms with E-state index in [0.717, 1.165) is 11.3 Å². The number of hydrogen-bond donors (Lipinski definition) is 1. The molecule has 1 N–H and O–H groups in total. The summed E-state index contributed by atoms with van der Waals surface area (Å²) in [7, 11) is 0. The molecule has 7 heteroatoms. The molecule has 0 aliphatic rings. The van der Waals surface area contributed by atoms with Crippen molar-refractivity contribution in [3.8, 4) is 0 Å². The highest BCUT2D eigenvalue weighted by atomic mass is 79.9. The molecule has 0 amide bonds. The van der Waals surface area contributed by atoms with Gasteiger partial charge in [0.2, 0.25) is 5.13 Å². The van der Waals surface area contributed by atoms with Gasteiger partial charge in [0.05, 0.1) is 10.7 Å². The standard InChI is InChI=1S/C9H6BrCl2N3S/c1-4-2-6(12)7(3-5(4)11)13-9-15-14-8(10)16-9/h2-3H,1H3,(H,13,15). The van der Waals surface area contributed by atoms with E-state index in [1.807, 2.05) is 13.0 Å². The first-order valence-corrected chi connectivity index (χ1v) is 6.64. The summed E-state index contributed by atoms with van der Waals surface area (Å²) in [4.78, 5) is 0. The topological polar surface area (TPSA) is 37.8 Å². The zero-order valence-electron chi connectivity index (χ0n) is 8.09. The van der Waals surface area contributed by atoms with Gasteiger partial charge in [0.1, 0.15) is 0 Å². The second kappa shape index (κ2) is 4.87. The Morgan fingerprint density at radius 1 is 1.25 bits per heavy atom. The van der Waals surface area contributed by atoms with Gasteiger partial charge in [0.15, 0.2) is 3.92 Å². The van der Waals surface area contributed by atoms with E-state index in [1.165, 1.54) is 11.3 Å². The molecule has 0 fully saturated rings. The second-order valence-corrected chi connectivity index (χ2v) is 6.13. The summed E-state index contributed by atoms with van der Waals surface area (Å²) in [5.74, 6) is 0. The number of halogens is 3. The van der Waals surface area contributed by atoms with Crippen molar-refractivity contribution in [3.63, 3.8) is 0 Å². The fourth-order valence-electron chi connectivity index (χ4n) is 1.11. The maximum atomic E-state index is 6.08. The van der Waals surface area contributed by atoms with Gasteiger partial charge in [-0.2, -0.15) is 0 Å². The predicted octanol–water partition coefficient (Wildman–Crippen LogP) is 4.66. The van der Waals surface area contributed by atoms with E-state index in [2.05, 4.69) is 31.4 Å². The quantitative estimate of drug-likeness (QED) is 0.865. The molecule has 0 radical (unpaired) electrons. The van der Waals surface area contributed by atoms with E-state index in [1.54, 1.807) is 6.07 Å². The molecule has 1 aromatic heterocycles. The Hall–Kier alpha value is -0.360. The lowest BCUT2D eigenvalue weighted by molar-refractivity contribution is 1.07. The minimum atomic E-state index is 0.605. The van der Waals surface area contributed by atoms with Gasteiger partial charge in [-0.3, -0.25) is 0 Å². The van der Waals surface area contributed by atoms with Crippen LogP contribution >= 0.6 is 50.5 Å². The van der Waals surface area contributed by atoms with Crippen LogP contribution in [0.25, 0.3) is 0 Å². The van der Waals surface area contributed by atoms with E-state index >= 15 is 0 Å². The predicted molar refractivity (Wildman–Crippen MR) is 72.1 cm³/mol. The highest BCUT2D eigenvalue weighted by Crippen LogP contribution is 2.32. The van der Waals surface area contributed by atoms with Gasteiger partial charge in [0.25, 0.3) is 0 Å². The molecule has 0 saturated heterocycles. The highest BCUT2D eigenvalue weighted by molar-refractivity contribution is 9.11. The molecule has 84 valence electrons. The summed E-state index contributed by atoms with van der Waals surface area (Å²) in [6.07, 6.45) is 0. The van der Waals surface area contributed by atoms with Crippen LogP contribution in [-0.4, -0.2) is 10.2 Å². The number of hydrogen-bond acceptors (Lipinski definition) is 4. The van der Waals surface area contributed by atoms with Crippen LogP contribution in [0, 0.1) is 6.92 Å². The molecule has 0 unspecified atom stereocenters. The molecule has 0 aliphatic carbocycles. The van der Waals surface area contributed by atoms with Crippen molar-refractivity contribution in [2.24, 2.45) is 0 Å². The van der Waals surface area contributed by atoms with E-state index in [-0.39, 0.29) is 0 Å². The van der Waals surface area contributed by atoms with Crippen molar-refractivity contribution in [2.75, 3.05) is 5.32 Å². The van der Waals surface area contributed by atoms with Crippen molar-refractivity contribution in [2.45, 2.75) is 6.92 Å². The molecule has 1 heterocycles. The van der Waals surface area contributed by atoms with Gasteiger partial charge in [-0.15, -0.1) is 10.2 Å². The summed E-state index contributed by atoms with van der Waals surface area (Å²) in [5, 5.41) is 12.7. The fourth-order valence-corrected chi connectivity index (χ4v) is 2.57. The maximum absolute atomic E-state index is 6.08. The van der Waals surface area contributed by atoms with Gasteiger partial charge in [0, 0.05) is 5.02 Å². The molecule has 2 rings (SSSR count). The van der Waals surface area contributed by atoms with Crippen LogP contribution in [0.2, 0.25) is 10.0 Å². The Morgan fingerprint density at radius 2 is 2.00 bits per heavy atom. The van der Waals surface area contributed by atoms with Gasteiger partial charge in [-0.25, -0.2) is 0 Å². The lowest BCUT2D eigenvalue weighted by Gasteiger charge is -2.07. The summed E-state index contributed by atoms with van der Waals surface area (Å²) in [6, 6.07) is 3.58. The Morgan fingerprint density at radius 3 is 2.62 bits per heavy atom. The van der Waals surface area contributed by atoms with Gasteiger partial charge in [-0.1, -0.05) is 34.5 Å². The Kier molecular flexibility index (Phi) is 3.69. The molecular weight excluding hydrogens is 333 g/mol. The molecule has 16 heavy (non-hydrogen) atoms. The second-order valence-electron chi connectivity index (χ2n) is 3.07. The highest BCUT2D eigenvalue weighted by Gasteiger charge is 2.07. The molecule has 0 bridgehead atoms. The van der Waals surface area contributed by atoms with E-state index in [4.69, 9.17) is 23.2 Å². The Balaban J connectivity index is 2.31. The number of anilines is 2. The van der Waals surface area contributed by atoms with Crippen LogP contribution in [0.15, 0.2) is 16.0 Å².